The van der Waals surface area contributed by atoms with Gasteiger partial charge in [-0.2, -0.15) is 0 Å². The Morgan fingerprint density at radius 2 is 1.82 bits per heavy atom. The lowest BCUT2D eigenvalue weighted by Crippen LogP contribution is -2.52. The molecular weight excluding hydrogens is 356 g/mol. The van der Waals surface area contributed by atoms with Gasteiger partial charge in [0.15, 0.2) is 0 Å². The van der Waals surface area contributed by atoms with Gasteiger partial charge in [-0.3, -0.25) is 14.7 Å². The summed E-state index contributed by atoms with van der Waals surface area (Å²) in [5.74, 6) is 1.24. The first-order valence-electron chi connectivity index (χ1n) is 10.6. The van der Waals surface area contributed by atoms with E-state index < -0.39 is 0 Å². The molecule has 2 N–H and O–H groups in total. The van der Waals surface area contributed by atoms with Gasteiger partial charge in [0.1, 0.15) is 5.82 Å². The zero-order valence-electron chi connectivity index (χ0n) is 16.6. The second-order valence-electron chi connectivity index (χ2n) is 8.21. The molecule has 0 unspecified atom stereocenters. The highest BCUT2D eigenvalue weighted by atomic mass is 16.5. The standard InChI is InChI=1S/C20H32N6O2/c21-17-2-1-16(14-26(15-17)18-3-11-28-12-4-18)20(27)25-9-7-24(8-10-25)19-13-22-5-6-23-19/h5-6,13,16-18H,1-4,7-12,14-15,21H2/t16-,17+/m1/s1. The molecule has 3 aliphatic rings. The Hall–Kier alpha value is -1.77. The van der Waals surface area contributed by atoms with Crippen molar-refractivity contribution in [1.82, 2.24) is 19.8 Å². The molecule has 8 nitrogen and oxygen atoms in total. The van der Waals surface area contributed by atoms with Crippen molar-refractivity contribution in [3.05, 3.63) is 18.6 Å². The van der Waals surface area contributed by atoms with E-state index >= 15 is 0 Å². The van der Waals surface area contributed by atoms with Crippen LogP contribution in [-0.2, 0) is 9.53 Å². The molecule has 28 heavy (non-hydrogen) atoms. The number of hydrogen-bond donors (Lipinski definition) is 1. The minimum Gasteiger partial charge on any atom is -0.381 e. The number of amides is 1. The lowest BCUT2D eigenvalue weighted by Gasteiger charge is -2.38. The second-order valence-corrected chi connectivity index (χ2v) is 8.21. The number of aromatic nitrogens is 2. The molecule has 1 amide bonds. The predicted molar refractivity (Wildman–Crippen MR) is 107 cm³/mol. The summed E-state index contributed by atoms with van der Waals surface area (Å²) in [6, 6.07) is 0.663. The summed E-state index contributed by atoms with van der Waals surface area (Å²) < 4.78 is 5.52. The highest BCUT2D eigenvalue weighted by Gasteiger charge is 2.34. The normalized spacial score (nSPS) is 28.2. The maximum Gasteiger partial charge on any atom is 0.227 e. The van der Waals surface area contributed by atoms with Crippen LogP contribution in [0.25, 0.3) is 0 Å². The van der Waals surface area contributed by atoms with Gasteiger partial charge in [0.25, 0.3) is 0 Å². The van der Waals surface area contributed by atoms with Gasteiger partial charge in [0, 0.05) is 77.0 Å². The molecule has 0 radical (unpaired) electrons. The topological polar surface area (TPSA) is 87.8 Å². The van der Waals surface area contributed by atoms with Gasteiger partial charge in [0.05, 0.1) is 12.1 Å². The Morgan fingerprint density at radius 1 is 1.04 bits per heavy atom. The number of anilines is 1. The number of ether oxygens (including phenoxy) is 1. The molecule has 3 aliphatic heterocycles. The lowest BCUT2D eigenvalue weighted by atomic mass is 9.99. The molecule has 154 valence electrons. The predicted octanol–water partition coefficient (Wildman–Crippen LogP) is 0.344. The van der Waals surface area contributed by atoms with Gasteiger partial charge in [-0.1, -0.05) is 0 Å². The molecule has 4 heterocycles. The molecule has 4 rings (SSSR count). The minimum atomic E-state index is 0.0551. The average Bonchev–Trinajstić information content (AvgIpc) is 2.96. The first-order valence-corrected chi connectivity index (χ1v) is 10.6. The van der Waals surface area contributed by atoms with Gasteiger partial charge < -0.3 is 20.3 Å². The van der Waals surface area contributed by atoms with Crippen molar-refractivity contribution in [3.63, 3.8) is 0 Å². The molecule has 0 spiro atoms. The number of hydrogen-bond acceptors (Lipinski definition) is 7. The van der Waals surface area contributed by atoms with E-state index in [0.29, 0.717) is 11.9 Å². The summed E-state index contributed by atoms with van der Waals surface area (Å²) in [6.45, 7) is 6.47. The van der Waals surface area contributed by atoms with E-state index in [2.05, 4.69) is 19.8 Å². The quantitative estimate of drug-likeness (QED) is 0.799. The van der Waals surface area contributed by atoms with Crippen LogP contribution in [0, 0.1) is 5.92 Å². The van der Waals surface area contributed by atoms with Crippen molar-refractivity contribution >= 4 is 11.7 Å². The van der Waals surface area contributed by atoms with Crippen LogP contribution in [0.2, 0.25) is 0 Å². The zero-order chi connectivity index (χ0) is 19.3. The number of piperazine rings is 1. The molecule has 8 heteroatoms. The van der Waals surface area contributed by atoms with Crippen molar-refractivity contribution in [2.45, 2.75) is 37.8 Å². The first kappa shape index (κ1) is 19.5. The summed E-state index contributed by atoms with van der Waals surface area (Å²) in [5, 5.41) is 0. The Bertz CT molecular complexity index is 631. The number of nitrogens with two attached hydrogens (primary N) is 1. The third-order valence-corrected chi connectivity index (χ3v) is 6.33. The van der Waals surface area contributed by atoms with Crippen LogP contribution < -0.4 is 10.6 Å². The van der Waals surface area contributed by atoms with Gasteiger partial charge in [-0.15, -0.1) is 0 Å². The van der Waals surface area contributed by atoms with E-state index in [-0.39, 0.29) is 12.0 Å². The Kier molecular flexibility index (Phi) is 6.39. The average molecular weight is 389 g/mol. The van der Waals surface area contributed by atoms with E-state index in [0.717, 1.165) is 84.0 Å². The third kappa shape index (κ3) is 4.61. The molecule has 0 saturated carbocycles. The molecular formula is C20H32N6O2. The summed E-state index contributed by atoms with van der Waals surface area (Å²) in [4.78, 5) is 28.5. The van der Waals surface area contributed by atoms with E-state index in [1.807, 2.05) is 4.90 Å². The summed E-state index contributed by atoms with van der Waals surface area (Å²) in [7, 11) is 0. The molecule has 3 saturated heterocycles. The smallest absolute Gasteiger partial charge is 0.227 e. The van der Waals surface area contributed by atoms with Crippen LogP contribution in [0.5, 0.6) is 0 Å². The van der Waals surface area contributed by atoms with Crippen LogP contribution in [0.3, 0.4) is 0 Å². The summed E-state index contributed by atoms with van der Waals surface area (Å²) >= 11 is 0. The summed E-state index contributed by atoms with van der Waals surface area (Å²) in [6.07, 6.45) is 9.10. The van der Waals surface area contributed by atoms with E-state index in [4.69, 9.17) is 10.5 Å². The molecule has 0 aromatic carbocycles. The van der Waals surface area contributed by atoms with Crippen LogP contribution in [-0.4, -0.2) is 90.2 Å². The number of likely N-dealkylation sites (tertiary alicyclic amines) is 1. The fourth-order valence-corrected chi connectivity index (χ4v) is 4.68. The van der Waals surface area contributed by atoms with Crippen molar-refractivity contribution in [2.24, 2.45) is 11.7 Å². The molecule has 0 bridgehead atoms. The Balaban J connectivity index is 1.35. The number of carbonyl (C=O) groups is 1. The maximum atomic E-state index is 13.3. The van der Waals surface area contributed by atoms with Gasteiger partial charge >= 0.3 is 0 Å². The Labute approximate surface area is 167 Å². The van der Waals surface area contributed by atoms with Gasteiger partial charge in [0.2, 0.25) is 5.91 Å². The monoisotopic (exact) mass is 388 g/mol. The van der Waals surface area contributed by atoms with E-state index in [1.165, 1.54) is 0 Å². The van der Waals surface area contributed by atoms with E-state index in [9.17, 15) is 4.79 Å². The SMILES string of the molecule is N[C@H]1CC[C@@H](C(=O)N2CCN(c3cnccn3)CC2)CN(C2CCOCC2)C1. The van der Waals surface area contributed by atoms with Crippen LogP contribution >= 0.6 is 0 Å². The van der Waals surface area contributed by atoms with Crippen molar-refractivity contribution in [3.8, 4) is 0 Å². The fraction of sp³-hybridized carbons (Fsp3) is 0.750. The van der Waals surface area contributed by atoms with Crippen molar-refractivity contribution in [2.75, 3.05) is 57.4 Å². The number of carbonyl (C=O) groups excluding carboxylic acids is 1. The molecule has 1 aromatic heterocycles. The molecule has 1 aromatic rings. The zero-order valence-corrected chi connectivity index (χ0v) is 16.6. The van der Waals surface area contributed by atoms with Gasteiger partial charge in [-0.05, 0) is 25.7 Å². The molecule has 3 fully saturated rings. The number of rotatable bonds is 3. The largest absolute Gasteiger partial charge is 0.381 e. The second kappa shape index (κ2) is 9.15. The first-order chi connectivity index (χ1) is 13.7. The molecule has 0 aliphatic carbocycles. The van der Waals surface area contributed by atoms with Crippen LogP contribution in [0.15, 0.2) is 18.6 Å². The van der Waals surface area contributed by atoms with Gasteiger partial charge in [-0.25, -0.2) is 4.98 Å². The maximum absolute atomic E-state index is 13.3. The number of nitrogens with zero attached hydrogens (tertiary/aromatic N) is 5. The van der Waals surface area contributed by atoms with Crippen LogP contribution in [0.1, 0.15) is 25.7 Å². The van der Waals surface area contributed by atoms with Crippen molar-refractivity contribution < 1.29 is 9.53 Å². The Morgan fingerprint density at radius 3 is 2.54 bits per heavy atom. The highest BCUT2D eigenvalue weighted by molar-refractivity contribution is 5.79. The highest BCUT2D eigenvalue weighted by Crippen LogP contribution is 2.24. The third-order valence-electron chi connectivity index (χ3n) is 6.33. The molecule has 2 atom stereocenters. The van der Waals surface area contributed by atoms with Crippen molar-refractivity contribution in [1.29, 1.82) is 0 Å². The minimum absolute atomic E-state index is 0.0551. The van der Waals surface area contributed by atoms with Crippen LogP contribution in [0.4, 0.5) is 5.82 Å². The van der Waals surface area contributed by atoms with E-state index in [1.54, 1.807) is 18.6 Å². The fourth-order valence-electron chi connectivity index (χ4n) is 4.68. The summed E-state index contributed by atoms with van der Waals surface area (Å²) in [5.41, 5.74) is 6.34. The lowest BCUT2D eigenvalue weighted by molar-refractivity contribution is -0.136.